The van der Waals surface area contributed by atoms with Crippen molar-refractivity contribution in [1.82, 2.24) is 13.5 Å². The zero-order valence-corrected chi connectivity index (χ0v) is 13.8. The van der Waals surface area contributed by atoms with Crippen LogP contribution in [-0.4, -0.2) is 80.5 Å². The number of piperidine rings is 1. The fourth-order valence-corrected chi connectivity index (χ4v) is 4.26. The summed E-state index contributed by atoms with van der Waals surface area (Å²) in [5.41, 5.74) is 0. The minimum absolute atomic E-state index is 0.0670. The van der Waals surface area contributed by atoms with Crippen LogP contribution in [-0.2, 0) is 10.2 Å². The SMILES string of the molecule is CCCN(CCN(C)C)S(=O)(=O)N1CCCC(CO)C1. The van der Waals surface area contributed by atoms with Crippen LogP contribution in [0.3, 0.4) is 0 Å². The van der Waals surface area contributed by atoms with Crippen molar-refractivity contribution in [2.24, 2.45) is 5.92 Å². The van der Waals surface area contributed by atoms with Gasteiger partial charge in [0.25, 0.3) is 10.2 Å². The second kappa shape index (κ2) is 8.29. The first-order chi connectivity index (χ1) is 9.41. The topological polar surface area (TPSA) is 64.1 Å². The molecule has 0 aromatic heterocycles. The third-order valence-corrected chi connectivity index (χ3v) is 5.66. The maximum absolute atomic E-state index is 12.7. The molecule has 1 aliphatic rings. The van der Waals surface area contributed by atoms with Gasteiger partial charge in [-0.1, -0.05) is 6.92 Å². The maximum atomic E-state index is 12.7. The Hall–Kier alpha value is -0.210. The Kier molecular flexibility index (Phi) is 7.39. The Morgan fingerprint density at radius 1 is 1.25 bits per heavy atom. The van der Waals surface area contributed by atoms with Gasteiger partial charge in [-0.2, -0.15) is 17.0 Å². The van der Waals surface area contributed by atoms with E-state index in [0.29, 0.717) is 26.2 Å². The summed E-state index contributed by atoms with van der Waals surface area (Å²) >= 11 is 0. The lowest BCUT2D eigenvalue weighted by Crippen LogP contribution is -2.50. The summed E-state index contributed by atoms with van der Waals surface area (Å²) in [5.74, 6) is 0.0795. The van der Waals surface area contributed by atoms with Gasteiger partial charge in [-0.15, -0.1) is 0 Å². The summed E-state index contributed by atoms with van der Waals surface area (Å²) in [7, 11) is 0.492. The highest BCUT2D eigenvalue weighted by Gasteiger charge is 2.32. The molecule has 1 aliphatic heterocycles. The predicted molar refractivity (Wildman–Crippen MR) is 80.7 cm³/mol. The van der Waals surface area contributed by atoms with Crippen LogP contribution in [0.25, 0.3) is 0 Å². The molecule has 1 saturated heterocycles. The van der Waals surface area contributed by atoms with E-state index in [1.54, 1.807) is 8.61 Å². The molecule has 0 bridgehead atoms. The van der Waals surface area contributed by atoms with Crippen molar-refractivity contribution in [2.45, 2.75) is 26.2 Å². The highest BCUT2D eigenvalue weighted by Crippen LogP contribution is 2.20. The van der Waals surface area contributed by atoms with Gasteiger partial charge in [-0.25, -0.2) is 0 Å². The van der Waals surface area contributed by atoms with Gasteiger partial charge >= 0.3 is 0 Å². The second-order valence-electron chi connectivity index (χ2n) is 5.76. The largest absolute Gasteiger partial charge is 0.396 e. The van der Waals surface area contributed by atoms with Crippen molar-refractivity contribution in [2.75, 3.05) is 53.4 Å². The summed E-state index contributed by atoms with van der Waals surface area (Å²) in [4.78, 5) is 1.99. The first-order valence-corrected chi connectivity index (χ1v) is 8.82. The standard InChI is InChI=1S/C13H29N3O3S/c1-4-7-15(10-9-14(2)3)20(18,19)16-8-5-6-13(11-16)12-17/h13,17H,4-12H2,1-3H3. The van der Waals surface area contributed by atoms with Crippen LogP contribution in [0.2, 0.25) is 0 Å². The predicted octanol–water partition coefficient (Wildman–Crippen LogP) is 0.209. The van der Waals surface area contributed by atoms with Crippen LogP contribution in [0.4, 0.5) is 0 Å². The molecule has 0 aromatic rings. The molecular formula is C13H29N3O3S. The van der Waals surface area contributed by atoms with Crippen molar-refractivity contribution in [3.63, 3.8) is 0 Å². The molecule has 6 nitrogen and oxygen atoms in total. The van der Waals surface area contributed by atoms with Crippen LogP contribution in [0.1, 0.15) is 26.2 Å². The number of aliphatic hydroxyl groups is 1. The zero-order valence-electron chi connectivity index (χ0n) is 13.0. The molecule has 0 spiro atoms. The van der Waals surface area contributed by atoms with Crippen LogP contribution < -0.4 is 0 Å². The van der Waals surface area contributed by atoms with E-state index < -0.39 is 10.2 Å². The van der Waals surface area contributed by atoms with Gasteiger partial charge in [0, 0.05) is 39.3 Å². The third-order valence-electron chi connectivity index (χ3n) is 3.66. The minimum Gasteiger partial charge on any atom is -0.396 e. The first kappa shape index (κ1) is 17.8. The van der Waals surface area contributed by atoms with Crippen LogP contribution in [0.5, 0.6) is 0 Å². The lowest BCUT2D eigenvalue weighted by molar-refractivity contribution is 0.160. The van der Waals surface area contributed by atoms with Gasteiger partial charge < -0.3 is 10.0 Å². The average molecular weight is 307 g/mol. The Bertz CT molecular complexity index is 373. The monoisotopic (exact) mass is 307 g/mol. The van der Waals surface area contributed by atoms with Gasteiger partial charge in [0.1, 0.15) is 0 Å². The Morgan fingerprint density at radius 3 is 2.50 bits per heavy atom. The minimum atomic E-state index is -3.40. The van der Waals surface area contributed by atoms with E-state index in [1.165, 1.54) is 0 Å². The third kappa shape index (κ3) is 4.96. The van der Waals surface area contributed by atoms with Crippen LogP contribution in [0, 0.1) is 5.92 Å². The highest BCUT2D eigenvalue weighted by molar-refractivity contribution is 7.86. The molecule has 1 heterocycles. The summed E-state index contributed by atoms with van der Waals surface area (Å²) in [6.45, 7) is 4.86. The van der Waals surface area contributed by atoms with Crippen molar-refractivity contribution < 1.29 is 13.5 Å². The quantitative estimate of drug-likeness (QED) is 0.696. The Labute approximate surface area is 123 Å². The molecule has 7 heteroatoms. The summed E-state index contributed by atoms with van der Waals surface area (Å²) in [5, 5.41) is 9.25. The van der Waals surface area contributed by atoms with Gasteiger partial charge in [0.15, 0.2) is 0 Å². The number of nitrogens with zero attached hydrogens (tertiary/aromatic N) is 3. The Balaban J connectivity index is 2.75. The van der Waals surface area contributed by atoms with E-state index in [1.807, 2.05) is 25.9 Å². The highest BCUT2D eigenvalue weighted by atomic mass is 32.2. The smallest absolute Gasteiger partial charge is 0.282 e. The molecule has 0 aromatic carbocycles. The van der Waals surface area contributed by atoms with Gasteiger partial charge in [-0.3, -0.25) is 0 Å². The molecule has 1 atom stereocenters. The molecule has 20 heavy (non-hydrogen) atoms. The van der Waals surface area contributed by atoms with Crippen LogP contribution in [0.15, 0.2) is 0 Å². The van der Waals surface area contributed by atoms with Gasteiger partial charge in [0.05, 0.1) is 0 Å². The van der Waals surface area contributed by atoms with E-state index in [9.17, 15) is 13.5 Å². The van der Waals surface area contributed by atoms with E-state index in [0.717, 1.165) is 25.8 Å². The van der Waals surface area contributed by atoms with Gasteiger partial charge in [-0.05, 0) is 39.3 Å². The summed E-state index contributed by atoms with van der Waals surface area (Å²) in [6.07, 6.45) is 2.55. The lowest BCUT2D eigenvalue weighted by Gasteiger charge is -2.35. The molecule has 0 saturated carbocycles. The van der Waals surface area contributed by atoms with Crippen molar-refractivity contribution in [3.05, 3.63) is 0 Å². The molecule has 1 fully saturated rings. The number of rotatable bonds is 8. The van der Waals surface area contributed by atoms with Crippen molar-refractivity contribution in [3.8, 4) is 0 Å². The lowest BCUT2D eigenvalue weighted by atomic mass is 10.0. The first-order valence-electron chi connectivity index (χ1n) is 7.42. The number of hydrogen-bond acceptors (Lipinski definition) is 4. The van der Waals surface area contributed by atoms with E-state index >= 15 is 0 Å². The molecule has 120 valence electrons. The molecule has 1 rings (SSSR count). The van der Waals surface area contributed by atoms with E-state index in [2.05, 4.69) is 0 Å². The summed E-state index contributed by atoms with van der Waals surface area (Å²) in [6, 6.07) is 0. The van der Waals surface area contributed by atoms with Crippen molar-refractivity contribution in [1.29, 1.82) is 0 Å². The molecule has 0 radical (unpaired) electrons. The fourth-order valence-electron chi connectivity index (χ4n) is 2.45. The van der Waals surface area contributed by atoms with E-state index in [-0.39, 0.29) is 12.5 Å². The summed E-state index contributed by atoms with van der Waals surface area (Å²) < 4.78 is 28.5. The van der Waals surface area contributed by atoms with Crippen molar-refractivity contribution >= 4 is 10.2 Å². The Morgan fingerprint density at radius 2 is 1.95 bits per heavy atom. The van der Waals surface area contributed by atoms with E-state index in [4.69, 9.17) is 0 Å². The molecule has 1 N–H and O–H groups in total. The van der Waals surface area contributed by atoms with Crippen LogP contribution >= 0.6 is 0 Å². The van der Waals surface area contributed by atoms with Gasteiger partial charge in [0.2, 0.25) is 0 Å². The zero-order chi connectivity index (χ0) is 15.2. The average Bonchev–Trinajstić information content (AvgIpc) is 2.43. The normalized spacial score (nSPS) is 21.8. The number of hydrogen-bond donors (Lipinski definition) is 1. The molecule has 0 aliphatic carbocycles. The molecular weight excluding hydrogens is 278 g/mol. The molecule has 0 amide bonds. The number of aliphatic hydroxyl groups excluding tert-OH is 1. The molecule has 1 unspecified atom stereocenters. The fraction of sp³-hybridized carbons (Fsp3) is 1.00. The second-order valence-corrected chi connectivity index (χ2v) is 7.69. The number of likely N-dealkylation sites (N-methyl/N-ethyl adjacent to an activating group) is 1. The maximum Gasteiger partial charge on any atom is 0.282 e.